The van der Waals surface area contributed by atoms with Crippen molar-refractivity contribution in [3.05, 3.63) is 86.7 Å². The predicted molar refractivity (Wildman–Crippen MR) is 130 cm³/mol. The molecule has 0 spiro atoms. The fourth-order valence-corrected chi connectivity index (χ4v) is 5.63. The maximum atomic E-state index is 13.3. The molecule has 1 saturated heterocycles. The second kappa shape index (κ2) is 9.59. The summed E-state index contributed by atoms with van der Waals surface area (Å²) in [7, 11) is -3.81. The molecule has 10 nitrogen and oxygen atoms in total. The largest absolute Gasteiger partial charge is 0.336 e. The maximum Gasteiger partial charge on any atom is 0.269 e. The average molecular weight is 498 g/mol. The van der Waals surface area contributed by atoms with Crippen LogP contribution >= 0.6 is 0 Å². The molecule has 0 bridgehead atoms. The zero-order valence-electron chi connectivity index (χ0n) is 19.8. The fraction of sp³-hybridized carbons (Fsp3) is 0.333. The minimum atomic E-state index is -3.81. The number of nitro benzene ring substituents is 1. The van der Waals surface area contributed by atoms with Crippen LogP contribution in [0.2, 0.25) is 0 Å². The number of piperazine rings is 1. The third-order valence-electron chi connectivity index (χ3n) is 6.26. The lowest BCUT2D eigenvalue weighted by Crippen LogP contribution is -2.50. The number of nitro groups is 1. The van der Waals surface area contributed by atoms with Gasteiger partial charge < -0.3 is 4.90 Å². The van der Waals surface area contributed by atoms with Crippen molar-refractivity contribution in [1.82, 2.24) is 19.0 Å². The molecular weight excluding hydrogens is 470 g/mol. The molecule has 0 aliphatic carbocycles. The molecule has 0 radical (unpaired) electrons. The number of aromatic nitrogens is 2. The average Bonchev–Trinajstić information content (AvgIpc) is 3.12. The number of aryl methyl sites for hydroxylation is 2. The SMILES string of the molecule is Cc1ccc(Cn2nc(C)c(C(=O)N3CCN(S(=O)(=O)c4ccc([N+](=O)[O-])cc4)CC3)c2C)cc1. The fourth-order valence-electron chi connectivity index (χ4n) is 4.21. The molecule has 1 fully saturated rings. The van der Waals surface area contributed by atoms with E-state index in [4.69, 9.17) is 0 Å². The number of sulfonamides is 1. The third kappa shape index (κ3) is 4.96. The first-order chi connectivity index (χ1) is 16.6. The number of hydrogen-bond acceptors (Lipinski definition) is 6. The van der Waals surface area contributed by atoms with Gasteiger partial charge in [-0.2, -0.15) is 9.40 Å². The lowest BCUT2D eigenvalue weighted by Gasteiger charge is -2.34. The predicted octanol–water partition coefficient (Wildman–Crippen LogP) is 2.91. The van der Waals surface area contributed by atoms with Crippen molar-refractivity contribution in [2.24, 2.45) is 0 Å². The van der Waals surface area contributed by atoms with Crippen LogP contribution in [0.4, 0.5) is 5.69 Å². The Labute approximate surface area is 204 Å². The van der Waals surface area contributed by atoms with Gasteiger partial charge in [0.25, 0.3) is 11.6 Å². The van der Waals surface area contributed by atoms with E-state index in [2.05, 4.69) is 5.10 Å². The molecular formula is C24H27N5O5S. The standard InChI is InChI=1S/C24H27N5O5S/c1-17-4-6-20(7-5-17)16-28-19(3)23(18(2)25-28)24(30)26-12-14-27(15-13-26)35(33,34)22-10-8-21(9-11-22)29(31)32/h4-11H,12-16H2,1-3H3. The summed E-state index contributed by atoms with van der Waals surface area (Å²) in [6.45, 7) is 7.03. The number of carbonyl (C=O) groups excluding carboxylic acids is 1. The van der Waals surface area contributed by atoms with Crippen LogP contribution < -0.4 is 0 Å². The Hall–Kier alpha value is -3.57. The zero-order chi connectivity index (χ0) is 25.3. The number of carbonyl (C=O) groups is 1. The summed E-state index contributed by atoms with van der Waals surface area (Å²) >= 11 is 0. The van der Waals surface area contributed by atoms with Crippen LogP contribution in [-0.2, 0) is 16.6 Å². The second-order valence-electron chi connectivity index (χ2n) is 8.64. The lowest BCUT2D eigenvalue weighted by molar-refractivity contribution is -0.384. The van der Waals surface area contributed by atoms with Crippen LogP contribution in [-0.4, -0.2) is 64.4 Å². The van der Waals surface area contributed by atoms with E-state index in [9.17, 15) is 23.3 Å². The highest BCUT2D eigenvalue weighted by Crippen LogP contribution is 2.23. The molecule has 1 aliphatic heterocycles. The molecule has 35 heavy (non-hydrogen) atoms. The summed E-state index contributed by atoms with van der Waals surface area (Å²) in [6.07, 6.45) is 0. The first-order valence-electron chi connectivity index (χ1n) is 11.2. The van der Waals surface area contributed by atoms with E-state index >= 15 is 0 Å². The Balaban J connectivity index is 1.45. The van der Waals surface area contributed by atoms with Gasteiger partial charge in [0.2, 0.25) is 10.0 Å². The number of benzene rings is 2. The van der Waals surface area contributed by atoms with Crippen molar-refractivity contribution in [3.8, 4) is 0 Å². The van der Waals surface area contributed by atoms with Crippen molar-refractivity contribution in [2.45, 2.75) is 32.2 Å². The number of hydrogen-bond donors (Lipinski definition) is 0. The molecule has 1 aromatic heterocycles. The Morgan fingerprint density at radius 3 is 2.14 bits per heavy atom. The van der Waals surface area contributed by atoms with Gasteiger partial charge in [-0.05, 0) is 38.5 Å². The van der Waals surface area contributed by atoms with Crippen molar-refractivity contribution >= 4 is 21.6 Å². The number of nitrogens with zero attached hydrogens (tertiary/aromatic N) is 5. The zero-order valence-corrected chi connectivity index (χ0v) is 20.7. The smallest absolute Gasteiger partial charge is 0.269 e. The van der Waals surface area contributed by atoms with E-state index in [-0.39, 0.29) is 42.7 Å². The third-order valence-corrected chi connectivity index (χ3v) is 8.17. The van der Waals surface area contributed by atoms with E-state index in [0.717, 1.165) is 11.3 Å². The molecule has 0 unspecified atom stereocenters. The van der Waals surface area contributed by atoms with E-state index in [1.165, 1.54) is 34.1 Å². The highest BCUT2D eigenvalue weighted by Gasteiger charge is 2.32. The van der Waals surface area contributed by atoms with Gasteiger partial charge in [-0.25, -0.2) is 8.42 Å². The van der Waals surface area contributed by atoms with Crippen LogP contribution in [0.25, 0.3) is 0 Å². The molecule has 1 amide bonds. The van der Waals surface area contributed by atoms with Gasteiger partial charge in [0.15, 0.2) is 0 Å². The van der Waals surface area contributed by atoms with Crippen LogP contribution in [0.15, 0.2) is 53.4 Å². The van der Waals surface area contributed by atoms with Gasteiger partial charge in [0, 0.05) is 44.0 Å². The van der Waals surface area contributed by atoms with Crippen LogP contribution in [0.5, 0.6) is 0 Å². The molecule has 0 N–H and O–H groups in total. The molecule has 0 saturated carbocycles. The molecule has 4 rings (SSSR count). The van der Waals surface area contributed by atoms with Gasteiger partial charge in [0.1, 0.15) is 0 Å². The quantitative estimate of drug-likeness (QED) is 0.382. The Morgan fingerprint density at radius 1 is 0.971 bits per heavy atom. The summed E-state index contributed by atoms with van der Waals surface area (Å²) in [5.74, 6) is -0.164. The van der Waals surface area contributed by atoms with Crippen LogP contribution in [0.3, 0.4) is 0 Å². The molecule has 11 heteroatoms. The van der Waals surface area contributed by atoms with Gasteiger partial charge in [-0.1, -0.05) is 29.8 Å². The monoisotopic (exact) mass is 497 g/mol. The molecule has 184 valence electrons. The van der Waals surface area contributed by atoms with Gasteiger partial charge in [0.05, 0.1) is 27.6 Å². The molecule has 1 aliphatic rings. The van der Waals surface area contributed by atoms with E-state index in [0.29, 0.717) is 17.8 Å². The van der Waals surface area contributed by atoms with Crippen molar-refractivity contribution in [1.29, 1.82) is 0 Å². The van der Waals surface area contributed by atoms with Gasteiger partial charge in [-0.15, -0.1) is 0 Å². The molecule has 0 atom stereocenters. The second-order valence-corrected chi connectivity index (χ2v) is 10.6. The van der Waals surface area contributed by atoms with Crippen molar-refractivity contribution in [2.75, 3.05) is 26.2 Å². The first kappa shape index (κ1) is 24.6. The van der Waals surface area contributed by atoms with Crippen molar-refractivity contribution in [3.63, 3.8) is 0 Å². The molecule has 2 aromatic carbocycles. The van der Waals surface area contributed by atoms with E-state index < -0.39 is 14.9 Å². The van der Waals surface area contributed by atoms with Crippen molar-refractivity contribution < 1.29 is 18.1 Å². The molecule has 3 aromatic rings. The van der Waals surface area contributed by atoms with Crippen LogP contribution in [0.1, 0.15) is 32.9 Å². The van der Waals surface area contributed by atoms with Gasteiger partial charge in [-0.3, -0.25) is 19.6 Å². The normalized spacial score (nSPS) is 14.8. The minimum Gasteiger partial charge on any atom is -0.336 e. The highest BCUT2D eigenvalue weighted by atomic mass is 32.2. The van der Waals surface area contributed by atoms with E-state index in [1.807, 2.05) is 42.8 Å². The Morgan fingerprint density at radius 2 is 1.57 bits per heavy atom. The number of non-ortho nitro benzene ring substituents is 1. The summed E-state index contributed by atoms with van der Waals surface area (Å²) in [4.78, 5) is 25.2. The topological polar surface area (TPSA) is 119 Å². The summed E-state index contributed by atoms with van der Waals surface area (Å²) in [5, 5.41) is 15.4. The van der Waals surface area contributed by atoms with Crippen LogP contribution in [0, 0.1) is 30.9 Å². The minimum absolute atomic E-state index is 0.00746. The lowest BCUT2D eigenvalue weighted by atomic mass is 10.1. The van der Waals surface area contributed by atoms with Gasteiger partial charge >= 0.3 is 0 Å². The maximum absolute atomic E-state index is 13.3. The number of rotatable bonds is 6. The molecule has 2 heterocycles. The first-order valence-corrected chi connectivity index (χ1v) is 12.7. The number of amides is 1. The summed E-state index contributed by atoms with van der Waals surface area (Å²) < 4.78 is 29.0. The highest BCUT2D eigenvalue weighted by molar-refractivity contribution is 7.89. The summed E-state index contributed by atoms with van der Waals surface area (Å²) in [6, 6.07) is 13.0. The Bertz CT molecular complexity index is 1360. The van der Waals surface area contributed by atoms with E-state index in [1.54, 1.807) is 11.8 Å². The Kier molecular flexibility index (Phi) is 6.73. The summed E-state index contributed by atoms with van der Waals surface area (Å²) in [5.41, 5.74) is 4.05.